The van der Waals surface area contributed by atoms with Crippen molar-refractivity contribution in [3.05, 3.63) is 65.4 Å². The van der Waals surface area contributed by atoms with Crippen LogP contribution in [0.4, 0.5) is 13.2 Å². The number of amides is 1. The minimum absolute atomic E-state index is 0.0334. The van der Waals surface area contributed by atoms with E-state index in [9.17, 15) is 28.2 Å². The number of aromatic amines is 1. The van der Waals surface area contributed by atoms with E-state index < -0.39 is 18.2 Å². The van der Waals surface area contributed by atoms with Crippen molar-refractivity contribution < 1.29 is 42.8 Å². The SMILES string of the molecule is C[C@H](NCCc1c[nH]c2c(C(=O)N3CCOCC3)cccc12)[C@H](O)c1ccc(O)cc1.O=C(O)C(F)(F)F. The van der Waals surface area contributed by atoms with Crippen LogP contribution in [-0.2, 0) is 16.0 Å². The number of carboxylic acids is 1. The molecule has 1 aliphatic rings. The summed E-state index contributed by atoms with van der Waals surface area (Å²) in [6.07, 6.45) is -3.02. The third-order valence-electron chi connectivity index (χ3n) is 6.14. The van der Waals surface area contributed by atoms with Crippen molar-refractivity contribution in [2.24, 2.45) is 0 Å². The molecule has 38 heavy (non-hydrogen) atoms. The number of aromatic hydroxyl groups is 1. The number of phenolic OH excluding ortho intramolecular Hbond substituents is 1. The molecule has 12 heteroatoms. The molecule has 4 rings (SSSR count). The lowest BCUT2D eigenvalue weighted by atomic mass is 10.0. The van der Waals surface area contributed by atoms with Gasteiger partial charge in [-0.3, -0.25) is 4.79 Å². The topological polar surface area (TPSA) is 135 Å². The van der Waals surface area contributed by atoms with Crippen molar-refractivity contribution in [1.82, 2.24) is 15.2 Å². The van der Waals surface area contributed by atoms with Gasteiger partial charge in [-0.1, -0.05) is 24.3 Å². The third-order valence-corrected chi connectivity index (χ3v) is 6.14. The number of carbonyl (C=O) groups is 2. The number of fused-ring (bicyclic) bond motifs is 1. The summed E-state index contributed by atoms with van der Waals surface area (Å²) >= 11 is 0. The molecule has 3 aromatic rings. The highest BCUT2D eigenvalue weighted by Crippen LogP contribution is 2.24. The summed E-state index contributed by atoms with van der Waals surface area (Å²) in [7, 11) is 0. The molecule has 0 saturated carbocycles. The van der Waals surface area contributed by atoms with Crippen LogP contribution in [0.3, 0.4) is 0 Å². The number of H-pyrrole nitrogens is 1. The zero-order valence-corrected chi connectivity index (χ0v) is 20.7. The van der Waals surface area contributed by atoms with Crippen LogP contribution in [0.15, 0.2) is 48.7 Å². The molecule has 0 radical (unpaired) electrons. The molecule has 5 N–H and O–H groups in total. The molecule has 1 aliphatic heterocycles. The molecule has 2 aromatic carbocycles. The fourth-order valence-electron chi connectivity index (χ4n) is 4.04. The minimum Gasteiger partial charge on any atom is -0.508 e. The fourth-order valence-corrected chi connectivity index (χ4v) is 4.04. The van der Waals surface area contributed by atoms with Crippen molar-refractivity contribution in [3.63, 3.8) is 0 Å². The predicted molar refractivity (Wildman–Crippen MR) is 133 cm³/mol. The lowest BCUT2D eigenvalue weighted by Gasteiger charge is -2.27. The number of rotatable bonds is 7. The van der Waals surface area contributed by atoms with Gasteiger partial charge in [0, 0.05) is 30.7 Å². The van der Waals surface area contributed by atoms with Gasteiger partial charge in [0.15, 0.2) is 0 Å². The maximum atomic E-state index is 13.0. The van der Waals surface area contributed by atoms with Gasteiger partial charge in [-0.2, -0.15) is 13.2 Å². The number of nitrogens with one attached hydrogen (secondary N) is 2. The van der Waals surface area contributed by atoms with Gasteiger partial charge in [0.1, 0.15) is 5.75 Å². The summed E-state index contributed by atoms with van der Waals surface area (Å²) in [6, 6.07) is 12.3. The first-order chi connectivity index (χ1) is 18.0. The first kappa shape index (κ1) is 29.0. The molecular weight excluding hydrogens is 507 g/mol. The number of aromatic nitrogens is 1. The largest absolute Gasteiger partial charge is 0.508 e. The van der Waals surface area contributed by atoms with Gasteiger partial charge in [0.05, 0.1) is 30.4 Å². The molecule has 1 fully saturated rings. The number of aliphatic hydroxyl groups is 1. The predicted octanol–water partition coefficient (Wildman–Crippen LogP) is 3.23. The first-order valence-corrected chi connectivity index (χ1v) is 12.0. The molecule has 1 saturated heterocycles. The molecule has 2 heterocycles. The van der Waals surface area contributed by atoms with Crippen molar-refractivity contribution in [2.45, 2.75) is 31.7 Å². The Morgan fingerprint density at radius 2 is 1.76 bits per heavy atom. The van der Waals surface area contributed by atoms with Crippen molar-refractivity contribution in [3.8, 4) is 5.75 Å². The number of benzene rings is 2. The Morgan fingerprint density at radius 1 is 1.13 bits per heavy atom. The van der Waals surface area contributed by atoms with E-state index >= 15 is 0 Å². The number of nitrogens with zero attached hydrogens (tertiary/aromatic N) is 1. The number of alkyl halides is 3. The highest BCUT2D eigenvalue weighted by atomic mass is 19.4. The van der Waals surface area contributed by atoms with Crippen LogP contribution in [-0.4, -0.2) is 82.1 Å². The first-order valence-electron chi connectivity index (χ1n) is 12.0. The number of carbonyl (C=O) groups excluding carboxylic acids is 1. The van der Waals surface area contributed by atoms with Gasteiger partial charge in [-0.05, 0) is 49.2 Å². The maximum Gasteiger partial charge on any atom is 0.490 e. The Morgan fingerprint density at radius 3 is 2.37 bits per heavy atom. The van der Waals surface area contributed by atoms with Gasteiger partial charge in [-0.25, -0.2) is 4.79 Å². The molecule has 0 bridgehead atoms. The second kappa shape index (κ2) is 12.8. The number of aliphatic hydroxyl groups excluding tert-OH is 1. The molecule has 9 nitrogen and oxygen atoms in total. The zero-order valence-electron chi connectivity index (χ0n) is 20.7. The summed E-state index contributed by atoms with van der Waals surface area (Å²) in [6.45, 7) is 5.02. The van der Waals surface area contributed by atoms with E-state index in [2.05, 4.69) is 10.3 Å². The van der Waals surface area contributed by atoms with Crippen LogP contribution >= 0.6 is 0 Å². The fraction of sp³-hybridized carbons (Fsp3) is 0.385. The second-order valence-corrected chi connectivity index (χ2v) is 8.78. The average Bonchev–Trinajstić information content (AvgIpc) is 3.31. The van der Waals surface area contributed by atoms with Crippen LogP contribution in [0.25, 0.3) is 10.9 Å². The summed E-state index contributed by atoms with van der Waals surface area (Å²) in [5.74, 6) is -2.54. The van der Waals surface area contributed by atoms with Gasteiger partial charge in [0.25, 0.3) is 5.91 Å². The monoisotopic (exact) mass is 537 g/mol. The number of ether oxygens (including phenoxy) is 1. The summed E-state index contributed by atoms with van der Waals surface area (Å²) in [5.41, 5.74) is 3.45. The van der Waals surface area contributed by atoms with Gasteiger partial charge in [-0.15, -0.1) is 0 Å². The van der Waals surface area contributed by atoms with Crippen molar-refractivity contribution >= 4 is 22.8 Å². The van der Waals surface area contributed by atoms with Crippen LogP contribution in [0.5, 0.6) is 5.75 Å². The van der Waals surface area contributed by atoms with E-state index in [-0.39, 0.29) is 17.7 Å². The average molecular weight is 538 g/mol. The number of aliphatic carboxylic acids is 1. The number of hydrogen-bond acceptors (Lipinski definition) is 6. The lowest BCUT2D eigenvalue weighted by molar-refractivity contribution is -0.192. The molecule has 1 aromatic heterocycles. The molecule has 206 valence electrons. The molecular formula is C26H30F3N3O6. The highest BCUT2D eigenvalue weighted by molar-refractivity contribution is 6.06. The van der Waals surface area contributed by atoms with E-state index in [1.165, 1.54) is 0 Å². The number of carboxylic acid groups (broad SMARTS) is 1. The van der Waals surface area contributed by atoms with E-state index in [0.717, 1.165) is 28.5 Å². The number of morpholine rings is 1. The molecule has 1 amide bonds. The second-order valence-electron chi connectivity index (χ2n) is 8.78. The van der Waals surface area contributed by atoms with E-state index in [4.69, 9.17) is 14.6 Å². The quantitative estimate of drug-likeness (QED) is 0.312. The maximum absolute atomic E-state index is 13.0. The number of phenols is 1. The normalized spacial score (nSPS) is 15.4. The van der Waals surface area contributed by atoms with Crippen LogP contribution < -0.4 is 5.32 Å². The van der Waals surface area contributed by atoms with Crippen molar-refractivity contribution in [1.29, 1.82) is 0 Å². The van der Waals surface area contributed by atoms with Gasteiger partial charge >= 0.3 is 12.1 Å². The van der Waals surface area contributed by atoms with E-state index in [1.54, 1.807) is 24.3 Å². The van der Waals surface area contributed by atoms with Crippen LogP contribution in [0, 0.1) is 0 Å². The minimum atomic E-state index is -5.08. The third kappa shape index (κ3) is 7.46. The summed E-state index contributed by atoms with van der Waals surface area (Å²) in [4.78, 5) is 27.0. The van der Waals surface area contributed by atoms with E-state index in [1.807, 2.05) is 36.2 Å². The Bertz CT molecular complexity index is 1220. The Hall–Kier alpha value is -3.61. The van der Waals surface area contributed by atoms with E-state index in [0.29, 0.717) is 38.4 Å². The summed E-state index contributed by atoms with van der Waals surface area (Å²) in [5, 5.41) is 31.5. The van der Waals surface area contributed by atoms with Crippen molar-refractivity contribution in [2.75, 3.05) is 32.8 Å². The highest BCUT2D eigenvalue weighted by Gasteiger charge is 2.38. The molecule has 0 spiro atoms. The van der Waals surface area contributed by atoms with Crippen LogP contribution in [0.2, 0.25) is 0 Å². The summed E-state index contributed by atoms with van der Waals surface area (Å²) < 4.78 is 37.1. The number of halogens is 3. The standard InChI is InChI=1S/C24H29N3O4.C2HF3O2/c1-16(23(29)17-5-7-19(28)8-6-17)25-10-9-18-15-26-22-20(18)3-2-4-21(22)24(30)27-11-13-31-14-12-27;3-2(4,5)1(6)7/h2-8,15-16,23,25-26,28-29H,9-14H2,1H3;(H,6,7)/t16-,23-;/m0./s1. The Labute approximate surface area is 216 Å². The molecule has 2 atom stereocenters. The molecule has 0 aliphatic carbocycles. The van der Waals surface area contributed by atoms with Gasteiger partial charge < -0.3 is 35.3 Å². The van der Waals surface area contributed by atoms with Crippen LogP contribution in [0.1, 0.15) is 34.5 Å². The number of hydrogen-bond donors (Lipinski definition) is 5. The Kier molecular flexibility index (Phi) is 9.72. The Balaban J connectivity index is 0.000000505. The van der Waals surface area contributed by atoms with Gasteiger partial charge in [0.2, 0.25) is 0 Å². The lowest BCUT2D eigenvalue weighted by Crippen LogP contribution is -2.40. The molecule has 0 unspecified atom stereocenters. The zero-order chi connectivity index (χ0) is 27.9. The number of para-hydroxylation sites is 1. The smallest absolute Gasteiger partial charge is 0.490 e.